The van der Waals surface area contributed by atoms with Crippen molar-refractivity contribution in [1.82, 2.24) is 14.8 Å². The number of benzene rings is 1. The molecule has 0 aliphatic heterocycles. The number of aromatic nitrogens is 3. The highest BCUT2D eigenvalue weighted by Gasteiger charge is 2.21. The van der Waals surface area contributed by atoms with Gasteiger partial charge in [0.25, 0.3) is 0 Å². The van der Waals surface area contributed by atoms with Gasteiger partial charge in [-0.25, -0.2) is 0 Å². The van der Waals surface area contributed by atoms with Gasteiger partial charge in [0.1, 0.15) is 5.69 Å². The second-order valence-corrected chi connectivity index (χ2v) is 3.48. The number of rotatable bonds is 2. The molecule has 0 saturated carbocycles. The molecule has 2 aromatic rings. The Hall–Kier alpha value is -2.24. The second-order valence-electron chi connectivity index (χ2n) is 3.48. The summed E-state index contributed by atoms with van der Waals surface area (Å²) in [4.78, 5) is 10.2. The Balaban J connectivity index is 2.58. The van der Waals surface area contributed by atoms with Crippen LogP contribution in [0.4, 0.5) is 5.95 Å². The Bertz CT molecular complexity index is 530. The Morgan fingerprint density at radius 2 is 1.81 bits per heavy atom. The van der Waals surface area contributed by atoms with Crippen molar-refractivity contribution in [3.8, 4) is 5.69 Å². The summed E-state index contributed by atoms with van der Waals surface area (Å²) in [6, 6.07) is 7.38. The van der Waals surface area contributed by atoms with Gasteiger partial charge in [0.15, 0.2) is 0 Å². The molecule has 0 atom stereocenters. The van der Waals surface area contributed by atoms with Gasteiger partial charge >= 0.3 is 5.95 Å². The number of hydrogen-bond donors (Lipinski definition) is 0. The zero-order valence-electron chi connectivity index (χ0n) is 8.91. The van der Waals surface area contributed by atoms with E-state index in [1.165, 1.54) is 4.57 Å². The van der Waals surface area contributed by atoms with Crippen molar-refractivity contribution in [2.45, 2.75) is 13.8 Å². The smallest absolute Gasteiger partial charge is 0.390 e. The molecular weight excluding hydrogens is 208 g/mol. The van der Waals surface area contributed by atoms with Gasteiger partial charge in [-0.2, -0.15) is 4.57 Å². The van der Waals surface area contributed by atoms with E-state index in [4.69, 9.17) is 0 Å². The lowest BCUT2D eigenvalue weighted by Gasteiger charge is -2.01. The number of nitro groups is 1. The summed E-state index contributed by atoms with van der Waals surface area (Å²) in [5.74, 6) is 0.233. The normalized spacial score (nSPS) is 10.4. The molecule has 0 saturated heterocycles. The van der Waals surface area contributed by atoms with Crippen LogP contribution in [0.2, 0.25) is 0 Å². The molecule has 1 aromatic heterocycles. The molecule has 0 aliphatic carbocycles. The van der Waals surface area contributed by atoms with Gasteiger partial charge in [-0.1, -0.05) is 17.7 Å². The minimum absolute atomic E-state index is 0.263. The van der Waals surface area contributed by atoms with Crippen molar-refractivity contribution in [1.29, 1.82) is 0 Å². The molecule has 1 aromatic carbocycles. The number of hydrogen-bond acceptors (Lipinski definition) is 4. The average molecular weight is 218 g/mol. The molecule has 6 heteroatoms. The Morgan fingerprint density at radius 1 is 1.19 bits per heavy atom. The third-order valence-electron chi connectivity index (χ3n) is 2.26. The molecule has 0 spiro atoms. The van der Waals surface area contributed by atoms with Gasteiger partial charge in [-0.3, -0.25) is 0 Å². The first-order valence-electron chi connectivity index (χ1n) is 4.73. The van der Waals surface area contributed by atoms with Crippen molar-refractivity contribution in [3.05, 3.63) is 45.8 Å². The van der Waals surface area contributed by atoms with Crippen LogP contribution in [0.5, 0.6) is 0 Å². The van der Waals surface area contributed by atoms with Crippen LogP contribution in [-0.2, 0) is 0 Å². The minimum atomic E-state index is -0.542. The van der Waals surface area contributed by atoms with Crippen molar-refractivity contribution < 1.29 is 4.92 Å². The van der Waals surface area contributed by atoms with E-state index in [0.717, 1.165) is 5.56 Å². The monoisotopic (exact) mass is 218 g/mol. The van der Waals surface area contributed by atoms with Crippen molar-refractivity contribution in [3.63, 3.8) is 0 Å². The summed E-state index contributed by atoms with van der Waals surface area (Å²) in [6.45, 7) is 3.64. The molecule has 0 aliphatic rings. The third kappa shape index (κ3) is 1.65. The minimum Gasteiger partial charge on any atom is -0.390 e. The average Bonchev–Trinajstić information content (AvgIpc) is 2.62. The lowest BCUT2D eigenvalue weighted by Crippen LogP contribution is -2.02. The quantitative estimate of drug-likeness (QED) is 0.569. The zero-order valence-corrected chi connectivity index (χ0v) is 8.91. The predicted molar refractivity (Wildman–Crippen MR) is 57.5 cm³/mol. The molecule has 0 radical (unpaired) electrons. The van der Waals surface area contributed by atoms with E-state index < -0.39 is 4.92 Å². The maximum atomic E-state index is 10.8. The molecule has 0 amide bonds. The zero-order chi connectivity index (χ0) is 11.7. The molecule has 16 heavy (non-hydrogen) atoms. The number of nitrogens with zero attached hydrogens (tertiary/aromatic N) is 4. The first-order valence-corrected chi connectivity index (χ1v) is 4.73. The molecule has 82 valence electrons. The molecule has 0 unspecified atom stereocenters. The van der Waals surface area contributed by atoms with Crippen molar-refractivity contribution in [2.75, 3.05) is 0 Å². The fourth-order valence-electron chi connectivity index (χ4n) is 1.47. The summed E-state index contributed by atoms with van der Waals surface area (Å²) < 4.78 is 1.42. The van der Waals surface area contributed by atoms with Crippen LogP contribution >= 0.6 is 0 Å². The predicted octanol–water partition coefficient (Wildman–Crippen LogP) is 1.79. The molecule has 0 bridgehead atoms. The second kappa shape index (κ2) is 3.73. The van der Waals surface area contributed by atoms with E-state index in [1.807, 2.05) is 19.1 Å². The van der Waals surface area contributed by atoms with Gasteiger partial charge in [0.2, 0.25) is 5.82 Å². The largest absolute Gasteiger partial charge is 0.463 e. The lowest BCUT2D eigenvalue weighted by molar-refractivity contribution is -0.395. The summed E-state index contributed by atoms with van der Waals surface area (Å²) in [6.07, 6.45) is 0. The Morgan fingerprint density at radius 3 is 2.38 bits per heavy atom. The highest BCUT2D eigenvalue weighted by Crippen LogP contribution is 2.18. The third-order valence-corrected chi connectivity index (χ3v) is 2.26. The van der Waals surface area contributed by atoms with Gasteiger partial charge in [-0.05, 0) is 29.1 Å². The fourth-order valence-corrected chi connectivity index (χ4v) is 1.47. The standard InChI is InChI=1S/C10H10N4O2/c1-7-3-5-9(6-4-7)13-8(2)11-12-10(13)14(15)16/h3-6H,1-2H3. The van der Waals surface area contributed by atoms with Gasteiger partial charge < -0.3 is 10.1 Å². The van der Waals surface area contributed by atoms with Crippen LogP contribution < -0.4 is 0 Å². The molecular formula is C10H10N4O2. The first-order chi connectivity index (χ1) is 7.59. The van der Waals surface area contributed by atoms with Crippen molar-refractivity contribution >= 4 is 5.95 Å². The number of aryl methyl sites for hydroxylation is 2. The highest BCUT2D eigenvalue weighted by atomic mass is 16.6. The van der Waals surface area contributed by atoms with E-state index in [1.54, 1.807) is 19.1 Å². The van der Waals surface area contributed by atoms with Crippen LogP contribution in [0.3, 0.4) is 0 Å². The van der Waals surface area contributed by atoms with Gasteiger partial charge in [0.05, 0.1) is 5.10 Å². The van der Waals surface area contributed by atoms with Crippen LogP contribution in [0.25, 0.3) is 5.69 Å². The van der Waals surface area contributed by atoms with E-state index in [9.17, 15) is 10.1 Å². The molecule has 6 nitrogen and oxygen atoms in total. The van der Waals surface area contributed by atoms with E-state index in [-0.39, 0.29) is 5.95 Å². The summed E-state index contributed by atoms with van der Waals surface area (Å²) in [5.41, 5.74) is 1.79. The molecule has 0 N–H and O–H groups in total. The Kier molecular flexibility index (Phi) is 2.40. The molecule has 0 fully saturated rings. The van der Waals surface area contributed by atoms with Crippen LogP contribution in [0, 0.1) is 24.0 Å². The molecule has 1 heterocycles. The molecule has 2 rings (SSSR count). The summed E-state index contributed by atoms with van der Waals surface area (Å²) in [5, 5.41) is 18.0. The van der Waals surface area contributed by atoms with E-state index >= 15 is 0 Å². The summed E-state index contributed by atoms with van der Waals surface area (Å²) in [7, 11) is 0. The Labute approximate surface area is 91.7 Å². The fraction of sp³-hybridized carbons (Fsp3) is 0.200. The topological polar surface area (TPSA) is 73.8 Å². The van der Waals surface area contributed by atoms with Crippen LogP contribution in [0.15, 0.2) is 24.3 Å². The first kappa shape index (κ1) is 10.3. The maximum absolute atomic E-state index is 10.8. The van der Waals surface area contributed by atoms with Crippen LogP contribution in [-0.4, -0.2) is 19.7 Å². The highest BCUT2D eigenvalue weighted by molar-refractivity contribution is 5.38. The van der Waals surface area contributed by atoms with Gasteiger partial charge in [0, 0.05) is 6.92 Å². The SMILES string of the molecule is Cc1ccc(-n2c(C)nnc2[N+](=O)[O-])cc1. The lowest BCUT2D eigenvalue weighted by atomic mass is 10.2. The van der Waals surface area contributed by atoms with Gasteiger partial charge in [-0.15, -0.1) is 0 Å². The van der Waals surface area contributed by atoms with Crippen LogP contribution in [0.1, 0.15) is 11.4 Å². The van der Waals surface area contributed by atoms with E-state index in [0.29, 0.717) is 11.5 Å². The maximum Gasteiger partial charge on any atom is 0.463 e. The van der Waals surface area contributed by atoms with E-state index in [2.05, 4.69) is 10.2 Å². The summed E-state index contributed by atoms with van der Waals surface area (Å²) >= 11 is 0. The van der Waals surface area contributed by atoms with Crippen molar-refractivity contribution in [2.24, 2.45) is 0 Å².